The minimum atomic E-state index is -4.13. The van der Waals surface area contributed by atoms with Crippen molar-refractivity contribution in [3.8, 4) is 0 Å². The van der Waals surface area contributed by atoms with Crippen LogP contribution in [0.15, 0.2) is 18.5 Å². The van der Waals surface area contributed by atoms with Crippen molar-refractivity contribution >= 4 is 22.9 Å². The molecule has 31 heavy (non-hydrogen) atoms. The number of carbonyl (C=O) groups excluding carboxylic acids is 1. The molecular weight excluding hydrogens is 427 g/mol. The van der Waals surface area contributed by atoms with Gasteiger partial charge in [-0.05, 0) is 57.8 Å². The lowest BCUT2D eigenvalue weighted by Gasteiger charge is -2.33. The average Bonchev–Trinajstić information content (AvgIpc) is 3.11. The molecule has 0 aromatic carbocycles. The lowest BCUT2D eigenvalue weighted by molar-refractivity contribution is -0.148. The van der Waals surface area contributed by atoms with Crippen molar-refractivity contribution in [2.24, 2.45) is 0 Å². The molecule has 1 amide bonds. The second-order valence-electron chi connectivity index (χ2n) is 8.44. The van der Waals surface area contributed by atoms with Gasteiger partial charge in [0.05, 0.1) is 23.3 Å². The van der Waals surface area contributed by atoms with E-state index in [0.717, 1.165) is 30.7 Å². The van der Waals surface area contributed by atoms with E-state index in [2.05, 4.69) is 15.7 Å². The van der Waals surface area contributed by atoms with Gasteiger partial charge in [0.2, 0.25) is 0 Å². The molecule has 1 saturated carbocycles. The fourth-order valence-corrected chi connectivity index (χ4v) is 5.29. The van der Waals surface area contributed by atoms with E-state index in [-0.39, 0.29) is 11.9 Å². The molecule has 2 unspecified atom stereocenters. The second-order valence-corrected chi connectivity index (χ2v) is 9.70. The summed E-state index contributed by atoms with van der Waals surface area (Å²) in [6.45, 7) is 4.91. The maximum absolute atomic E-state index is 12.6. The molecular formula is C21H28F3N5OS. The number of likely N-dealkylation sites (tertiary alicyclic amines) is 1. The summed E-state index contributed by atoms with van der Waals surface area (Å²) >= 11 is 1.50. The minimum absolute atomic E-state index is 0.128. The van der Waals surface area contributed by atoms with Crippen molar-refractivity contribution < 1.29 is 18.0 Å². The van der Waals surface area contributed by atoms with Crippen LogP contribution in [-0.4, -0.2) is 58.5 Å². The Morgan fingerprint density at radius 2 is 2.06 bits per heavy atom. The smallest absolute Gasteiger partial charge is 0.319 e. The normalized spacial score (nSPS) is 22.6. The van der Waals surface area contributed by atoms with E-state index in [0.29, 0.717) is 35.6 Å². The Balaban J connectivity index is 1.28. The molecule has 10 heteroatoms. The summed E-state index contributed by atoms with van der Waals surface area (Å²) in [7, 11) is 0. The zero-order valence-corrected chi connectivity index (χ0v) is 18.5. The summed E-state index contributed by atoms with van der Waals surface area (Å²) in [6, 6.07) is 2.58. The number of hydrogen-bond donors (Lipinski definition) is 2. The number of halogens is 3. The lowest BCUT2D eigenvalue weighted by Crippen LogP contribution is -2.46. The van der Waals surface area contributed by atoms with Crippen LogP contribution in [-0.2, 0) is 6.54 Å². The molecule has 1 aliphatic carbocycles. The van der Waals surface area contributed by atoms with Crippen molar-refractivity contribution in [3.05, 3.63) is 33.8 Å². The van der Waals surface area contributed by atoms with Crippen molar-refractivity contribution in [2.75, 3.05) is 25.0 Å². The Bertz CT molecular complexity index is 917. The summed E-state index contributed by atoms with van der Waals surface area (Å²) in [6.07, 6.45) is 1.80. The molecule has 2 aromatic heterocycles. The fourth-order valence-electron chi connectivity index (χ4n) is 4.31. The van der Waals surface area contributed by atoms with E-state index in [4.69, 9.17) is 0 Å². The van der Waals surface area contributed by atoms with E-state index in [1.807, 2.05) is 19.9 Å². The highest BCUT2D eigenvalue weighted by Gasteiger charge is 2.42. The van der Waals surface area contributed by atoms with Crippen LogP contribution in [0.4, 0.5) is 18.9 Å². The largest absolute Gasteiger partial charge is 0.401 e. The quantitative estimate of drug-likeness (QED) is 0.663. The van der Waals surface area contributed by atoms with Gasteiger partial charge >= 0.3 is 6.18 Å². The topological polar surface area (TPSA) is 62.2 Å². The van der Waals surface area contributed by atoms with Gasteiger partial charge in [-0.2, -0.15) is 18.3 Å². The lowest BCUT2D eigenvalue weighted by atomic mass is 10.0. The summed E-state index contributed by atoms with van der Waals surface area (Å²) < 4.78 is 39.4. The molecule has 6 nitrogen and oxygen atoms in total. The van der Waals surface area contributed by atoms with E-state index < -0.39 is 12.7 Å². The first-order chi connectivity index (χ1) is 14.7. The van der Waals surface area contributed by atoms with Gasteiger partial charge in [0.25, 0.3) is 5.91 Å². The number of aromatic nitrogens is 2. The molecule has 2 aromatic rings. The van der Waals surface area contributed by atoms with Crippen LogP contribution in [0.5, 0.6) is 0 Å². The highest BCUT2D eigenvalue weighted by molar-refractivity contribution is 7.14. The predicted molar refractivity (Wildman–Crippen MR) is 115 cm³/mol. The second kappa shape index (κ2) is 8.91. The Morgan fingerprint density at radius 1 is 1.32 bits per heavy atom. The number of hydrogen-bond acceptors (Lipinski definition) is 5. The number of nitrogens with zero attached hydrogens (tertiary/aromatic N) is 3. The predicted octanol–water partition coefficient (Wildman–Crippen LogP) is 4.00. The van der Waals surface area contributed by atoms with Crippen molar-refractivity contribution in [1.29, 1.82) is 0 Å². The van der Waals surface area contributed by atoms with Crippen LogP contribution in [0.1, 0.15) is 52.2 Å². The van der Waals surface area contributed by atoms with E-state index in [1.54, 1.807) is 17.1 Å². The molecule has 0 bridgehead atoms. The number of thiophene rings is 1. The van der Waals surface area contributed by atoms with E-state index >= 15 is 0 Å². The minimum Gasteiger partial charge on any atom is -0.319 e. The van der Waals surface area contributed by atoms with Crippen molar-refractivity contribution in [3.63, 3.8) is 0 Å². The maximum Gasteiger partial charge on any atom is 0.401 e. The van der Waals surface area contributed by atoms with Crippen molar-refractivity contribution in [2.45, 2.75) is 63.8 Å². The van der Waals surface area contributed by atoms with Crippen LogP contribution < -0.4 is 10.6 Å². The number of amides is 1. The Labute approximate surface area is 183 Å². The van der Waals surface area contributed by atoms with Gasteiger partial charge in [0.15, 0.2) is 0 Å². The third kappa shape index (κ3) is 5.67. The summed E-state index contributed by atoms with van der Waals surface area (Å²) in [5.74, 6) is 0.242. The number of alkyl halides is 3. The zero-order chi connectivity index (χ0) is 22.2. The van der Waals surface area contributed by atoms with Gasteiger partial charge in [0, 0.05) is 35.6 Å². The fraction of sp³-hybridized carbons (Fsp3) is 0.619. The monoisotopic (exact) mass is 455 g/mol. The Kier molecular flexibility index (Phi) is 6.41. The zero-order valence-electron chi connectivity index (χ0n) is 17.7. The van der Waals surface area contributed by atoms with Gasteiger partial charge in [0.1, 0.15) is 0 Å². The van der Waals surface area contributed by atoms with Crippen LogP contribution in [0.3, 0.4) is 0 Å². The van der Waals surface area contributed by atoms with Crippen LogP contribution in [0.2, 0.25) is 0 Å². The number of rotatable bonds is 7. The van der Waals surface area contributed by atoms with Crippen molar-refractivity contribution in [1.82, 2.24) is 20.0 Å². The first-order valence-corrected chi connectivity index (χ1v) is 11.5. The van der Waals surface area contributed by atoms with Gasteiger partial charge in [-0.25, -0.2) is 0 Å². The summed E-state index contributed by atoms with van der Waals surface area (Å²) in [5.41, 5.74) is 1.88. The third-order valence-electron chi connectivity index (χ3n) is 6.03. The SMILES string of the molecule is CCn1cc(NC(=O)c2cc(C3CC3NC3CCN(CC(F)(F)F)CC3)c(C)s2)cn1. The molecule has 1 saturated heterocycles. The Morgan fingerprint density at radius 3 is 2.71 bits per heavy atom. The highest BCUT2D eigenvalue weighted by Crippen LogP contribution is 2.45. The first kappa shape index (κ1) is 22.3. The molecule has 170 valence electrons. The molecule has 1 aliphatic heterocycles. The molecule has 2 atom stereocenters. The summed E-state index contributed by atoms with van der Waals surface area (Å²) in [4.78, 5) is 15.9. The van der Waals surface area contributed by atoms with E-state index in [9.17, 15) is 18.0 Å². The number of aryl methyl sites for hydroxylation is 2. The molecule has 2 fully saturated rings. The maximum atomic E-state index is 12.6. The van der Waals surface area contributed by atoms with Crippen LogP contribution >= 0.6 is 11.3 Å². The number of carbonyl (C=O) groups is 1. The van der Waals surface area contributed by atoms with Crippen LogP contribution in [0.25, 0.3) is 0 Å². The van der Waals surface area contributed by atoms with E-state index in [1.165, 1.54) is 21.8 Å². The van der Waals surface area contributed by atoms with Gasteiger partial charge in [-0.3, -0.25) is 14.4 Å². The highest BCUT2D eigenvalue weighted by atomic mass is 32.1. The van der Waals surface area contributed by atoms with Crippen LogP contribution in [0, 0.1) is 6.92 Å². The Hall–Kier alpha value is -1.91. The number of anilines is 1. The molecule has 0 radical (unpaired) electrons. The average molecular weight is 456 g/mol. The van der Waals surface area contributed by atoms with Gasteiger partial charge < -0.3 is 10.6 Å². The third-order valence-corrected chi connectivity index (χ3v) is 7.09. The first-order valence-electron chi connectivity index (χ1n) is 10.7. The number of nitrogens with one attached hydrogen (secondary N) is 2. The molecule has 4 rings (SSSR count). The molecule has 2 aliphatic rings. The standard InChI is InChI=1S/C21H28F3N5OS/c1-3-29-11-15(10-25-29)27-20(30)19-9-16(13(2)31-19)17-8-18(17)26-14-4-6-28(7-5-14)12-21(22,23)24/h9-11,14,17-18,26H,3-8,12H2,1-2H3,(H,27,30). The molecule has 2 N–H and O–H groups in total. The molecule has 3 heterocycles. The molecule has 0 spiro atoms. The number of piperidine rings is 1. The van der Waals surface area contributed by atoms with Gasteiger partial charge in [-0.1, -0.05) is 0 Å². The van der Waals surface area contributed by atoms with Gasteiger partial charge in [-0.15, -0.1) is 11.3 Å². The summed E-state index contributed by atoms with van der Waals surface area (Å²) in [5, 5.41) is 10.7.